The topological polar surface area (TPSA) is 17.1 Å². The van der Waals surface area contributed by atoms with E-state index < -0.39 is 0 Å². The van der Waals surface area contributed by atoms with Gasteiger partial charge in [-0.15, -0.1) is 0 Å². The molecule has 0 aromatic rings. The molecule has 2 aliphatic carbocycles. The van der Waals surface area contributed by atoms with Gasteiger partial charge in [-0.05, 0) is 38.5 Å². The van der Waals surface area contributed by atoms with E-state index in [1.807, 2.05) is 0 Å². The second kappa shape index (κ2) is 3.43. The first-order chi connectivity index (χ1) is 6.23. The van der Waals surface area contributed by atoms with Crippen LogP contribution >= 0.6 is 0 Å². The molecule has 0 bridgehead atoms. The molecule has 2 rings (SSSR count). The van der Waals surface area contributed by atoms with Crippen molar-refractivity contribution in [2.24, 2.45) is 11.3 Å². The lowest BCUT2D eigenvalue weighted by Gasteiger charge is -2.14. The van der Waals surface area contributed by atoms with E-state index >= 15 is 0 Å². The molecule has 0 spiro atoms. The van der Waals surface area contributed by atoms with Crippen LogP contribution in [0.5, 0.6) is 0 Å². The fraction of sp³-hybridized carbons (Fsp3) is 0.917. The molecule has 0 aromatic carbocycles. The molecule has 0 amide bonds. The highest BCUT2D eigenvalue weighted by atomic mass is 16.1. The highest BCUT2D eigenvalue weighted by Crippen LogP contribution is 2.51. The SMILES string of the molecule is CC(=O)C1(CCC2CCCC2)CC1. The summed E-state index contributed by atoms with van der Waals surface area (Å²) in [6.07, 6.45) is 10.6. The molecule has 13 heavy (non-hydrogen) atoms. The maximum Gasteiger partial charge on any atom is 0.135 e. The van der Waals surface area contributed by atoms with Crippen molar-refractivity contribution in [3.63, 3.8) is 0 Å². The second-order valence-corrected chi connectivity index (χ2v) is 5.03. The van der Waals surface area contributed by atoms with Gasteiger partial charge in [-0.2, -0.15) is 0 Å². The Bertz CT molecular complexity index is 197. The standard InChI is InChI=1S/C12H20O/c1-10(13)12(8-9-12)7-6-11-4-2-3-5-11/h11H,2-9H2,1H3. The summed E-state index contributed by atoms with van der Waals surface area (Å²) in [7, 11) is 0. The lowest BCUT2D eigenvalue weighted by Crippen LogP contribution is -2.13. The monoisotopic (exact) mass is 180 g/mol. The largest absolute Gasteiger partial charge is 0.299 e. The first-order valence-corrected chi connectivity index (χ1v) is 5.74. The van der Waals surface area contributed by atoms with Crippen LogP contribution in [0.1, 0.15) is 58.3 Å². The summed E-state index contributed by atoms with van der Waals surface area (Å²) >= 11 is 0. The molecule has 2 fully saturated rings. The molecule has 0 N–H and O–H groups in total. The molecule has 1 heteroatoms. The number of rotatable bonds is 4. The highest BCUT2D eigenvalue weighted by Gasteiger charge is 2.46. The normalized spacial score (nSPS) is 26.2. The predicted octanol–water partition coefficient (Wildman–Crippen LogP) is 3.33. The van der Waals surface area contributed by atoms with Gasteiger partial charge in [0.2, 0.25) is 0 Å². The minimum Gasteiger partial charge on any atom is -0.299 e. The van der Waals surface area contributed by atoms with Gasteiger partial charge in [0, 0.05) is 5.41 Å². The van der Waals surface area contributed by atoms with E-state index in [0.29, 0.717) is 5.78 Å². The minimum atomic E-state index is 0.169. The summed E-state index contributed by atoms with van der Waals surface area (Å²) in [6.45, 7) is 1.78. The number of carbonyl (C=O) groups is 1. The molecule has 0 radical (unpaired) electrons. The predicted molar refractivity (Wildman–Crippen MR) is 53.5 cm³/mol. The molecule has 2 saturated carbocycles. The summed E-state index contributed by atoms with van der Waals surface area (Å²) in [5.74, 6) is 1.40. The van der Waals surface area contributed by atoms with Gasteiger partial charge in [0.25, 0.3) is 0 Å². The van der Waals surface area contributed by atoms with Crippen LogP contribution in [-0.2, 0) is 4.79 Å². The summed E-state index contributed by atoms with van der Waals surface area (Å²) < 4.78 is 0. The van der Waals surface area contributed by atoms with Crippen molar-refractivity contribution >= 4 is 5.78 Å². The number of hydrogen-bond acceptors (Lipinski definition) is 1. The first-order valence-electron chi connectivity index (χ1n) is 5.74. The molecule has 0 atom stereocenters. The average molecular weight is 180 g/mol. The minimum absolute atomic E-state index is 0.169. The van der Waals surface area contributed by atoms with Crippen LogP contribution < -0.4 is 0 Å². The second-order valence-electron chi connectivity index (χ2n) is 5.03. The molecular formula is C12H20O. The Morgan fingerprint density at radius 2 is 1.92 bits per heavy atom. The van der Waals surface area contributed by atoms with E-state index in [-0.39, 0.29) is 5.41 Å². The lowest BCUT2D eigenvalue weighted by atomic mass is 9.90. The highest BCUT2D eigenvalue weighted by molar-refractivity contribution is 5.84. The molecule has 1 nitrogen and oxygen atoms in total. The van der Waals surface area contributed by atoms with Crippen LogP contribution in [0.4, 0.5) is 0 Å². The summed E-state index contributed by atoms with van der Waals surface area (Å²) in [5.41, 5.74) is 0.169. The Labute approximate surface area is 80.9 Å². The van der Waals surface area contributed by atoms with Crippen LogP contribution in [0.25, 0.3) is 0 Å². The Morgan fingerprint density at radius 3 is 2.38 bits per heavy atom. The summed E-state index contributed by atoms with van der Waals surface area (Å²) in [6, 6.07) is 0. The van der Waals surface area contributed by atoms with E-state index in [9.17, 15) is 4.79 Å². The van der Waals surface area contributed by atoms with Gasteiger partial charge < -0.3 is 0 Å². The van der Waals surface area contributed by atoms with Gasteiger partial charge in [-0.1, -0.05) is 25.7 Å². The van der Waals surface area contributed by atoms with Crippen LogP contribution in [-0.4, -0.2) is 5.78 Å². The summed E-state index contributed by atoms with van der Waals surface area (Å²) in [4.78, 5) is 11.3. The summed E-state index contributed by atoms with van der Waals surface area (Å²) in [5, 5.41) is 0. The van der Waals surface area contributed by atoms with Crippen LogP contribution in [0.15, 0.2) is 0 Å². The van der Waals surface area contributed by atoms with Crippen LogP contribution in [0.3, 0.4) is 0 Å². The van der Waals surface area contributed by atoms with Gasteiger partial charge in [0.15, 0.2) is 0 Å². The van der Waals surface area contributed by atoms with Crippen molar-refractivity contribution in [2.75, 3.05) is 0 Å². The molecule has 0 aromatic heterocycles. The Balaban J connectivity index is 1.75. The molecule has 0 saturated heterocycles. The van der Waals surface area contributed by atoms with Crippen LogP contribution in [0, 0.1) is 11.3 Å². The first kappa shape index (κ1) is 9.23. The Kier molecular flexibility index (Phi) is 2.44. The van der Waals surface area contributed by atoms with Crippen LogP contribution in [0.2, 0.25) is 0 Å². The maximum absolute atomic E-state index is 11.3. The zero-order chi connectivity index (χ0) is 9.31. The molecule has 0 aliphatic heterocycles. The fourth-order valence-electron chi connectivity index (χ4n) is 2.71. The number of carbonyl (C=O) groups excluding carboxylic acids is 1. The van der Waals surface area contributed by atoms with Crippen molar-refractivity contribution in [1.82, 2.24) is 0 Å². The third kappa shape index (κ3) is 1.95. The van der Waals surface area contributed by atoms with Crippen molar-refractivity contribution in [3.8, 4) is 0 Å². The number of Topliss-reactive ketones (excluding diaryl/α,β-unsaturated/α-hetero) is 1. The van der Waals surface area contributed by atoms with E-state index in [2.05, 4.69) is 0 Å². The third-order valence-electron chi connectivity index (χ3n) is 4.11. The zero-order valence-corrected chi connectivity index (χ0v) is 8.64. The van der Waals surface area contributed by atoms with Gasteiger partial charge in [-0.3, -0.25) is 4.79 Å². The van der Waals surface area contributed by atoms with Gasteiger partial charge in [0.05, 0.1) is 0 Å². The van der Waals surface area contributed by atoms with Crippen molar-refractivity contribution in [1.29, 1.82) is 0 Å². The zero-order valence-electron chi connectivity index (χ0n) is 8.64. The average Bonchev–Trinajstić information content (AvgIpc) is 2.73. The van der Waals surface area contributed by atoms with Crippen molar-refractivity contribution in [3.05, 3.63) is 0 Å². The molecular weight excluding hydrogens is 160 g/mol. The number of ketones is 1. The third-order valence-corrected chi connectivity index (χ3v) is 4.11. The smallest absolute Gasteiger partial charge is 0.135 e. The van der Waals surface area contributed by atoms with E-state index in [0.717, 1.165) is 5.92 Å². The van der Waals surface area contributed by atoms with Gasteiger partial charge >= 0.3 is 0 Å². The molecule has 0 heterocycles. The van der Waals surface area contributed by atoms with Gasteiger partial charge in [-0.25, -0.2) is 0 Å². The Morgan fingerprint density at radius 1 is 1.31 bits per heavy atom. The van der Waals surface area contributed by atoms with E-state index in [1.54, 1.807) is 6.92 Å². The number of hydrogen-bond donors (Lipinski definition) is 0. The fourth-order valence-corrected chi connectivity index (χ4v) is 2.71. The van der Waals surface area contributed by atoms with Crippen molar-refractivity contribution < 1.29 is 4.79 Å². The maximum atomic E-state index is 11.3. The molecule has 2 aliphatic rings. The van der Waals surface area contributed by atoms with E-state index in [1.165, 1.54) is 51.4 Å². The van der Waals surface area contributed by atoms with Gasteiger partial charge in [0.1, 0.15) is 5.78 Å². The van der Waals surface area contributed by atoms with Crippen molar-refractivity contribution in [2.45, 2.75) is 58.3 Å². The quantitative estimate of drug-likeness (QED) is 0.648. The molecule has 0 unspecified atom stereocenters. The molecule has 74 valence electrons. The van der Waals surface area contributed by atoms with E-state index in [4.69, 9.17) is 0 Å². The Hall–Kier alpha value is -0.330. The lowest BCUT2D eigenvalue weighted by molar-refractivity contribution is -0.122.